The average Bonchev–Trinajstić information content (AvgIpc) is 3.91. The Morgan fingerprint density at radius 3 is 1.37 bits per heavy atom. The van der Waals surface area contributed by atoms with Crippen molar-refractivity contribution < 1.29 is 38.6 Å². The Labute approximate surface area is 461 Å². The van der Waals surface area contributed by atoms with E-state index in [4.69, 9.17) is 45.5 Å². The Morgan fingerprint density at radius 2 is 0.949 bits per heavy atom. The lowest BCUT2D eigenvalue weighted by Crippen LogP contribution is -2.43. The molecule has 0 aromatic heterocycles. The van der Waals surface area contributed by atoms with Gasteiger partial charge >= 0.3 is 7.12 Å². The predicted octanol–water partition coefficient (Wildman–Crippen LogP) is 9.34. The number of likely N-dealkylation sites (N-methyl/N-ethyl adjacent to an activating group) is 2. The summed E-state index contributed by atoms with van der Waals surface area (Å²) >= 11 is 3.47. The Bertz CT molecular complexity index is 3470. The fraction of sp³-hybridized carbons (Fsp3) is 0.161. The van der Waals surface area contributed by atoms with Crippen molar-refractivity contribution in [1.82, 2.24) is 9.80 Å². The van der Waals surface area contributed by atoms with Crippen LogP contribution in [0.3, 0.4) is 0 Å². The Kier molecular flexibility index (Phi) is 15.5. The lowest BCUT2D eigenvalue weighted by molar-refractivity contribution is -0.133. The molecule has 2 spiro atoms. The van der Waals surface area contributed by atoms with Crippen molar-refractivity contribution in [2.75, 3.05) is 14.1 Å². The average molecular weight is 1100 g/mol. The third-order valence-corrected chi connectivity index (χ3v) is 14.6. The first-order valence-electron chi connectivity index (χ1n) is 25.3. The molecule has 6 N–H and O–H groups in total. The topological polar surface area (TPSA) is 195 Å². The maximum absolute atomic E-state index is 13.6. The number of carbonyl (C=O) groups excluding carboxylic acids is 2. The number of rotatable bonds is 10. The van der Waals surface area contributed by atoms with Gasteiger partial charge in [-0.2, -0.15) is 0 Å². The smallest absolute Gasteiger partial charge is 0.488 e. The van der Waals surface area contributed by atoms with Crippen molar-refractivity contribution in [2.45, 2.75) is 49.3 Å². The summed E-state index contributed by atoms with van der Waals surface area (Å²) in [5.41, 5.74) is 18.1. The number of nitrogens with zero attached hydrogens (tertiary/aromatic N) is 4. The van der Waals surface area contributed by atoms with E-state index in [9.17, 15) is 9.59 Å². The lowest BCUT2D eigenvalue weighted by Gasteiger charge is -2.37. The summed E-state index contributed by atoms with van der Waals surface area (Å²) < 4.78 is 25.0. The standard InChI is InChI=1S/C31H27N3O3.C18H16BrN3O2.C13H13BO3/c1-34-29(35)31(33-30(34)32)19-28(23-10-6-3-7-11-23)37-27-17-14-24(18-26(27)31)22-12-15-25(16-13-22)36-20-21-8-4-2-5-9-21;1-22-16(23)18(21-17(22)20)10-15(11-5-3-2-4-6-11)24-14-8-7-12(19)9-13(14)18;15-14(16)12-6-8-13(9-7-12)17-10-11-4-2-1-3-5-11/h2-18,28H,19-20H2,1H3,(H2,32,33);2-9,15H,10H2,1H3,(H2,20,21);1-9,15-16H,10H2. The van der Waals surface area contributed by atoms with Crippen LogP contribution in [0.4, 0.5) is 0 Å². The molecule has 0 bridgehead atoms. The first kappa shape index (κ1) is 52.7. The second-order valence-electron chi connectivity index (χ2n) is 19.2. The SMILES string of the molecule is CN1C(=O)C2(CC(c3ccccc3)Oc3ccc(-c4ccc(OCc5ccccc5)cc4)cc32)N=C1N.CN1C(=O)C2(CC(c3ccccc3)Oc3ccc(Br)cc32)N=C1N.OB(O)c1ccc(OCc2ccccc2)cc1. The van der Waals surface area contributed by atoms with E-state index in [1.54, 1.807) is 38.4 Å². The molecule has 0 aliphatic carbocycles. The molecule has 0 saturated heterocycles. The molecule has 0 radical (unpaired) electrons. The van der Waals surface area contributed by atoms with E-state index < -0.39 is 18.2 Å². The third kappa shape index (κ3) is 11.1. The Balaban J connectivity index is 0.000000144. The number of halogens is 1. The Morgan fingerprint density at radius 1 is 0.551 bits per heavy atom. The van der Waals surface area contributed by atoms with Crippen LogP contribution in [0.1, 0.15) is 58.4 Å². The molecule has 4 aliphatic rings. The summed E-state index contributed by atoms with van der Waals surface area (Å²) in [5, 5.41) is 17.9. The van der Waals surface area contributed by atoms with Crippen molar-refractivity contribution in [2.24, 2.45) is 21.5 Å². The van der Waals surface area contributed by atoms with Gasteiger partial charge in [0.2, 0.25) is 0 Å². The third-order valence-electron chi connectivity index (χ3n) is 14.1. The summed E-state index contributed by atoms with van der Waals surface area (Å²) in [6.07, 6.45) is 0.230. The van der Waals surface area contributed by atoms with Crippen LogP contribution < -0.4 is 35.9 Å². The fourth-order valence-corrected chi connectivity index (χ4v) is 10.3. The van der Waals surface area contributed by atoms with Crippen LogP contribution in [0.25, 0.3) is 11.1 Å². The lowest BCUT2D eigenvalue weighted by atomic mass is 9.79. The van der Waals surface area contributed by atoms with Gasteiger partial charge in [0.25, 0.3) is 11.8 Å². The summed E-state index contributed by atoms with van der Waals surface area (Å²) in [4.78, 5) is 38.7. The van der Waals surface area contributed by atoms with E-state index in [0.717, 1.165) is 54.7 Å². The van der Waals surface area contributed by atoms with E-state index in [1.807, 2.05) is 182 Å². The van der Waals surface area contributed by atoms with E-state index >= 15 is 0 Å². The zero-order valence-electron chi connectivity index (χ0n) is 42.9. The molecule has 16 heteroatoms. The summed E-state index contributed by atoms with van der Waals surface area (Å²) in [5.74, 6) is 3.00. The van der Waals surface area contributed by atoms with Crippen LogP contribution >= 0.6 is 15.9 Å². The molecule has 8 aromatic carbocycles. The number of nitrogens with two attached hydrogens (primary N) is 2. The van der Waals surface area contributed by atoms with Gasteiger partial charge < -0.3 is 40.5 Å². The molecule has 4 aliphatic heterocycles. The highest BCUT2D eigenvalue weighted by atomic mass is 79.9. The molecule has 0 saturated carbocycles. The second-order valence-corrected chi connectivity index (χ2v) is 20.1. The first-order valence-corrected chi connectivity index (χ1v) is 26.1. The van der Waals surface area contributed by atoms with Crippen LogP contribution in [0.2, 0.25) is 0 Å². The van der Waals surface area contributed by atoms with Crippen LogP contribution in [0, 0.1) is 0 Å². The van der Waals surface area contributed by atoms with Crippen molar-refractivity contribution in [3.05, 3.63) is 244 Å². The van der Waals surface area contributed by atoms with Crippen molar-refractivity contribution in [1.29, 1.82) is 0 Å². The van der Waals surface area contributed by atoms with Gasteiger partial charge in [0.1, 0.15) is 48.4 Å². The van der Waals surface area contributed by atoms with Crippen molar-refractivity contribution in [3.63, 3.8) is 0 Å². The summed E-state index contributed by atoms with van der Waals surface area (Å²) in [6, 6.07) is 66.0. The van der Waals surface area contributed by atoms with Gasteiger partial charge in [-0.1, -0.05) is 168 Å². The predicted molar refractivity (Wildman–Crippen MR) is 305 cm³/mol. The van der Waals surface area contributed by atoms with Gasteiger partial charge in [0.05, 0.1) is 0 Å². The zero-order chi connectivity index (χ0) is 54.4. The zero-order valence-corrected chi connectivity index (χ0v) is 44.4. The number of hydrogen-bond donors (Lipinski definition) is 4. The summed E-state index contributed by atoms with van der Waals surface area (Å²) in [6.45, 7) is 1.01. The maximum Gasteiger partial charge on any atom is 0.488 e. The summed E-state index contributed by atoms with van der Waals surface area (Å²) in [7, 11) is 1.89. The van der Waals surface area contributed by atoms with Crippen molar-refractivity contribution >= 4 is 52.2 Å². The molecule has 392 valence electrons. The quantitative estimate of drug-likeness (QED) is 0.0959. The maximum atomic E-state index is 13.6. The van der Waals surface area contributed by atoms with Gasteiger partial charge in [-0.15, -0.1) is 0 Å². The van der Waals surface area contributed by atoms with E-state index in [1.165, 1.54) is 9.80 Å². The molecule has 4 atom stereocenters. The molecular weight excluding hydrogens is 1050 g/mol. The normalized spacial score (nSPS) is 19.7. The number of carbonyl (C=O) groups is 2. The Hall–Kier alpha value is -8.70. The molecule has 78 heavy (non-hydrogen) atoms. The number of aliphatic imine (C=N–C) groups is 2. The molecule has 12 rings (SSSR count). The van der Waals surface area contributed by atoms with Crippen LogP contribution in [0.5, 0.6) is 23.0 Å². The highest BCUT2D eigenvalue weighted by molar-refractivity contribution is 9.10. The molecular formula is C62H56BBrN6O8. The van der Waals surface area contributed by atoms with Gasteiger partial charge in [0, 0.05) is 42.5 Å². The molecule has 14 nitrogen and oxygen atoms in total. The second kappa shape index (κ2) is 22.9. The minimum absolute atomic E-state index is 0.122. The number of ether oxygens (including phenoxy) is 4. The van der Waals surface area contributed by atoms with E-state index in [2.05, 4.69) is 20.9 Å². The highest BCUT2D eigenvalue weighted by Crippen LogP contribution is 2.52. The van der Waals surface area contributed by atoms with Gasteiger partial charge in [-0.3, -0.25) is 19.4 Å². The van der Waals surface area contributed by atoms with E-state index in [0.29, 0.717) is 48.8 Å². The fourth-order valence-electron chi connectivity index (χ4n) is 9.90. The molecule has 8 aromatic rings. The monoisotopic (exact) mass is 1100 g/mol. The molecule has 0 fully saturated rings. The van der Waals surface area contributed by atoms with E-state index in [-0.39, 0.29) is 35.9 Å². The molecule has 4 heterocycles. The van der Waals surface area contributed by atoms with Crippen molar-refractivity contribution in [3.8, 4) is 34.1 Å². The number of hydrogen-bond acceptors (Lipinski definition) is 12. The minimum Gasteiger partial charge on any atom is -0.489 e. The van der Waals surface area contributed by atoms with Crippen LogP contribution in [-0.2, 0) is 33.9 Å². The minimum atomic E-state index is -1.43. The molecule has 2 amide bonds. The number of benzene rings is 8. The molecule has 4 unspecified atom stereocenters. The van der Waals surface area contributed by atoms with Gasteiger partial charge in [-0.05, 0) is 93.4 Å². The highest BCUT2D eigenvalue weighted by Gasteiger charge is 2.55. The number of fused-ring (bicyclic) bond motifs is 4. The number of guanidine groups is 2. The van der Waals surface area contributed by atoms with Crippen LogP contribution in [0.15, 0.2) is 221 Å². The van der Waals surface area contributed by atoms with Gasteiger partial charge in [0.15, 0.2) is 23.0 Å². The largest absolute Gasteiger partial charge is 0.489 e. The first-order chi connectivity index (χ1) is 37.8. The number of amides is 2. The van der Waals surface area contributed by atoms with Gasteiger partial charge in [-0.25, -0.2) is 9.98 Å². The van der Waals surface area contributed by atoms with Crippen LogP contribution in [-0.4, -0.2) is 64.8 Å².